The molecule has 1 aliphatic heterocycles. The molecule has 1 aliphatic rings. The zero-order valence-corrected chi connectivity index (χ0v) is 22.8. The summed E-state index contributed by atoms with van der Waals surface area (Å²) in [6, 6.07) is 3.78. The summed E-state index contributed by atoms with van der Waals surface area (Å²) in [6.07, 6.45) is -4.87. The molecule has 1 aromatic carbocycles. The molecular weight excluding hydrogens is 555 g/mol. The van der Waals surface area contributed by atoms with Crippen molar-refractivity contribution in [3.8, 4) is 5.75 Å². The van der Waals surface area contributed by atoms with Crippen LogP contribution in [0.15, 0.2) is 29.3 Å². The predicted octanol–water partition coefficient (Wildman–Crippen LogP) is 2.61. The van der Waals surface area contributed by atoms with Crippen molar-refractivity contribution in [1.82, 2.24) is 14.5 Å². The first-order valence-corrected chi connectivity index (χ1v) is 14.6. The number of benzene rings is 1. The Balaban J connectivity index is 1.99. The van der Waals surface area contributed by atoms with E-state index >= 15 is 0 Å². The van der Waals surface area contributed by atoms with Crippen LogP contribution in [-0.4, -0.2) is 69.9 Å². The number of amides is 1. The van der Waals surface area contributed by atoms with Gasteiger partial charge in [0.15, 0.2) is 0 Å². The molecule has 2 N–H and O–H groups in total. The van der Waals surface area contributed by atoms with Gasteiger partial charge in [0.2, 0.25) is 15.6 Å². The van der Waals surface area contributed by atoms with E-state index in [0.717, 1.165) is 10.6 Å². The summed E-state index contributed by atoms with van der Waals surface area (Å²) >= 11 is 0. The van der Waals surface area contributed by atoms with Gasteiger partial charge in [-0.25, -0.2) is 26.4 Å². The minimum atomic E-state index is -4.82. The Morgan fingerprint density at radius 3 is 2.45 bits per heavy atom. The fourth-order valence-electron chi connectivity index (χ4n) is 3.43. The molecule has 17 heteroatoms. The van der Waals surface area contributed by atoms with Crippen LogP contribution in [0.4, 0.5) is 29.3 Å². The number of aromatic nitrogens is 2. The van der Waals surface area contributed by atoms with Gasteiger partial charge in [-0.05, 0) is 45.9 Å². The van der Waals surface area contributed by atoms with Crippen molar-refractivity contribution in [3.63, 3.8) is 0 Å². The first-order valence-electron chi connectivity index (χ1n) is 11.2. The topological polar surface area (TPSA) is 149 Å². The second-order valence-corrected chi connectivity index (χ2v) is 12.7. The number of anilines is 2. The molecule has 0 bridgehead atoms. The summed E-state index contributed by atoms with van der Waals surface area (Å²) in [4.78, 5) is 12.1. The summed E-state index contributed by atoms with van der Waals surface area (Å²) in [6.45, 7) is 4.51. The van der Waals surface area contributed by atoms with E-state index in [1.54, 1.807) is 6.92 Å². The number of carbonyl (C=O) groups excluding carboxylic acids is 1. The Bertz CT molecular complexity index is 1420. The second kappa shape index (κ2) is 10.3. The maximum atomic E-state index is 13.7. The van der Waals surface area contributed by atoms with Crippen LogP contribution in [0.2, 0.25) is 0 Å². The summed E-state index contributed by atoms with van der Waals surface area (Å²) in [5.74, 6) is 0.0372. The number of fused-ring (bicyclic) bond motifs is 1. The molecule has 0 fully saturated rings. The number of hydrogen-bond acceptors (Lipinski definition) is 8. The lowest BCUT2D eigenvalue weighted by atomic mass is 10.1. The SMILES string of the molecule is CCn1cc(S(=O)(=O)N2CC(CNS(C)(=O)=O)Oc3ccc(NC(=O)OC(C)(C)C(F)(F)F)cc32)c(C)n1. The molecule has 2 aromatic rings. The van der Waals surface area contributed by atoms with Crippen LogP contribution in [0, 0.1) is 6.92 Å². The number of nitrogens with zero attached hydrogens (tertiary/aromatic N) is 3. The molecule has 2 heterocycles. The van der Waals surface area contributed by atoms with Gasteiger partial charge >= 0.3 is 12.3 Å². The molecule has 3 rings (SSSR count). The minimum Gasteiger partial charge on any atom is -0.485 e. The smallest absolute Gasteiger partial charge is 0.427 e. The monoisotopic (exact) mass is 583 g/mol. The molecule has 1 aromatic heterocycles. The maximum absolute atomic E-state index is 13.7. The average molecular weight is 584 g/mol. The van der Waals surface area contributed by atoms with E-state index in [9.17, 15) is 34.8 Å². The average Bonchev–Trinajstić information content (AvgIpc) is 3.17. The third-order valence-corrected chi connectivity index (χ3v) is 8.11. The highest BCUT2D eigenvalue weighted by Gasteiger charge is 2.51. The van der Waals surface area contributed by atoms with Crippen LogP contribution in [-0.2, 0) is 31.3 Å². The number of halogens is 3. The molecule has 38 heavy (non-hydrogen) atoms. The molecule has 1 atom stereocenters. The van der Waals surface area contributed by atoms with Crippen molar-refractivity contribution in [2.24, 2.45) is 0 Å². The fourth-order valence-corrected chi connectivity index (χ4v) is 5.59. The lowest BCUT2D eigenvalue weighted by Gasteiger charge is -2.35. The van der Waals surface area contributed by atoms with E-state index in [1.165, 1.54) is 36.0 Å². The number of ether oxygens (including phenoxy) is 2. The van der Waals surface area contributed by atoms with Crippen LogP contribution >= 0.6 is 0 Å². The van der Waals surface area contributed by atoms with Crippen LogP contribution in [0.3, 0.4) is 0 Å². The normalized spacial score (nSPS) is 16.5. The van der Waals surface area contributed by atoms with Gasteiger partial charge in [0.05, 0.1) is 24.2 Å². The van der Waals surface area contributed by atoms with E-state index in [1.807, 2.05) is 0 Å². The van der Waals surface area contributed by atoms with Gasteiger partial charge in [0.1, 0.15) is 16.7 Å². The quantitative estimate of drug-likeness (QED) is 0.482. The van der Waals surface area contributed by atoms with Crippen molar-refractivity contribution in [3.05, 3.63) is 30.1 Å². The summed E-state index contributed by atoms with van der Waals surface area (Å²) < 4.78 is 105. The molecule has 0 saturated heterocycles. The molecule has 0 radical (unpaired) electrons. The Morgan fingerprint density at radius 1 is 1.24 bits per heavy atom. The van der Waals surface area contributed by atoms with Crippen molar-refractivity contribution in [1.29, 1.82) is 0 Å². The molecule has 12 nitrogen and oxygen atoms in total. The first-order chi connectivity index (χ1) is 17.3. The molecule has 0 saturated carbocycles. The summed E-state index contributed by atoms with van der Waals surface area (Å²) in [5, 5.41) is 6.33. The predicted molar refractivity (Wildman–Crippen MR) is 131 cm³/mol. The minimum absolute atomic E-state index is 0.0304. The van der Waals surface area contributed by atoms with Crippen LogP contribution in [0.25, 0.3) is 0 Å². The van der Waals surface area contributed by atoms with Crippen LogP contribution in [0.1, 0.15) is 26.5 Å². The second-order valence-electron chi connectivity index (χ2n) is 9.04. The zero-order valence-electron chi connectivity index (χ0n) is 21.2. The molecule has 0 spiro atoms. The highest BCUT2D eigenvalue weighted by molar-refractivity contribution is 7.93. The van der Waals surface area contributed by atoms with Gasteiger partial charge in [0, 0.05) is 25.0 Å². The largest absolute Gasteiger partial charge is 0.485 e. The zero-order chi connectivity index (χ0) is 28.7. The lowest BCUT2D eigenvalue weighted by Crippen LogP contribution is -2.48. The number of rotatable bonds is 8. The molecule has 1 amide bonds. The van der Waals surface area contributed by atoms with Gasteiger partial charge in [-0.1, -0.05) is 0 Å². The number of carbonyl (C=O) groups is 1. The summed E-state index contributed by atoms with van der Waals surface area (Å²) in [7, 11) is -7.89. The van der Waals surface area contributed by atoms with Crippen molar-refractivity contribution in [2.75, 3.05) is 29.0 Å². The lowest BCUT2D eigenvalue weighted by molar-refractivity contribution is -0.242. The number of nitrogens with one attached hydrogen (secondary N) is 2. The summed E-state index contributed by atoms with van der Waals surface area (Å²) in [5.41, 5.74) is -2.65. The Labute approximate surface area is 218 Å². The van der Waals surface area contributed by atoms with Crippen molar-refractivity contribution < 1.29 is 44.3 Å². The van der Waals surface area contributed by atoms with E-state index in [4.69, 9.17) is 4.74 Å². The third-order valence-electron chi connectivity index (χ3n) is 5.53. The van der Waals surface area contributed by atoms with E-state index in [2.05, 4.69) is 19.9 Å². The number of sulfonamides is 2. The van der Waals surface area contributed by atoms with Crippen LogP contribution in [0.5, 0.6) is 5.75 Å². The number of alkyl halides is 3. The Kier molecular flexibility index (Phi) is 7.96. The van der Waals surface area contributed by atoms with E-state index in [0.29, 0.717) is 20.4 Å². The van der Waals surface area contributed by atoms with Gasteiger partial charge in [-0.15, -0.1) is 0 Å². The van der Waals surface area contributed by atoms with Gasteiger partial charge < -0.3 is 9.47 Å². The molecule has 0 aliphatic carbocycles. The molecule has 1 unspecified atom stereocenters. The van der Waals surface area contributed by atoms with Crippen molar-refractivity contribution >= 4 is 37.5 Å². The van der Waals surface area contributed by atoms with Gasteiger partial charge in [-0.2, -0.15) is 18.3 Å². The first kappa shape index (κ1) is 29.5. The molecular formula is C21H28F3N5O7S2. The maximum Gasteiger partial charge on any atom is 0.427 e. The number of aryl methyl sites for hydroxylation is 2. The third kappa shape index (κ3) is 6.50. The van der Waals surface area contributed by atoms with Gasteiger partial charge in [0.25, 0.3) is 10.0 Å². The fraction of sp³-hybridized carbons (Fsp3) is 0.524. The van der Waals surface area contributed by atoms with E-state index < -0.39 is 44.0 Å². The highest BCUT2D eigenvalue weighted by atomic mass is 32.2. The molecule has 212 valence electrons. The number of hydrogen-bond donors (Lipinski definition) is 2. The van der Waals surface area contributed by atoms with Gasteiger partial charge in [-0.3, -0.25) is 14.3 Å². The van der Waals surface area contributed by atoms with E-state index in [-0.39, 0.29) is 40.8 Å². The Hall–Kier alpha value is -3.05. The van der Waals surface area contributed by atoms with Crippen LogP contribution < -0.4 is 19.1 Å². The highest BCUT2D eigenvalue weighted by Crippen LogP contribution is 2.40. The van der Waals surface area contributed by atoms with Crippen molar-refractivity contribution in [2.45, 2.75) is 57.0 Å². The standard InChI is InChI=1S/C21H28F3N5O7S2/c1-6-28-12-18(13(2)27-28)38(33,34)29-11-15(10-25-37(5,31)32)35-17-8-7-14(9-16(17)29)26-19(30)36-20(3,4)21(22,23)24/h7-9,12,15,25H,6,10-11H2,1-5H3,(H,26,30). The Morgan fingerprint density at radius 2 is 1.89 bits per heavy atom.